The van der Waals surface area contributed by atoms with Crippen LogP contribution in [0.5, 0.6) is 0 Å². The minimum Gasteiger partial charge on any atom is -0.467 e. The standard InChI is InChI=1S/C23H24N6O3S2/c1-16-4-6-17(7-5-16)13-28-10-12-33-22(28)25-21(31)15-34-23-27-26-20(9-8-19(24)30)29(23)14-18-3-2-11-32-18/h2-7,10-12H,8-9,13-15H2,1H3,(H2,24,30). The van der Waals surface area contributed by atoms with Crippen LogP contribution in [0.15, 0.2) is 68.8 Å². The molecule has 9 nitrogen and oxygen atoms in total. The molecule has 4 rings (SSSR count). The van der Waals surface area contributed by atoms with Crippen molar-refractivity contribution >= 4 is 34.9 Å². The number of primary amides is 1. The van der Waals surface area contributed by atoms with Crippen molar-refractivity contribution in [3.8, 4) is 0 Å². The van der Waals surface area contributed by atoms with E-state index in [1.807, 2.05) is 26.8 Å². The Hall–Kier alpha value is -3.44. The fourth-order valence-electron chi connectivity index (χ4n) is 3.23. The van der Waals surface area contributed by atoms with E-state index in [2.05, 4.69) is 46.4 Å². The molecule has 4 aromatic rings. The number of aromatic nitrogens is 4. The molecule has 0 bridgehead atoms. The number of nitrogens with zero attached hydrogens (tertiary/aromatic N) is 5. The number of hydrogen-bond donors (Lipinski definition) is 1. The molecule has 0 radical (unpaired) electrons. The van der Waals surface area contributed by atoms with Gasteiger partial charge in [-0.2, -0.15) is 4.99 Å². The van der Waals surface area contributed by atoms with Crippen LogP contribution >= 0.6 is 23.1 Å². The smallest absolute Gasteiger partial charge is 0.258 e. The van der Waals surface area contributed by atoms with E-state index in [0.717, 1.165) is 5.56 Å². The SMILES string of the molecule is Cc1ccc(Cn2ccsc2=NC(=O)CSc2nnc(CCC(N)=O)n2Cc2ccco2)cc1. The zero-order valence-corrected chi connectivity index (χ0v) is 20.2. The van der Waals surface area contributed by atoms with Gasteiger partial charge in [0.25, 0.3) is 5.91 Å². The largest absolute Gasteiger partial charge is 0.467 e. The minimum atomic E-state index is -0.411. The summed E-state index contributed by atoms with van der Waals surface area (Å²) in [5, 5.41) is 10.9. The third-order valence-corrected chi connectivity index (χ3v) is 6.71. The van der Waals surface area contributed by atoms with E-state index < -0.39 is 5.91 Å². The van der Waals surface area contributed by atoms with Crippen molar-refractivity contribution in [1.29, 1.82) is 0 Å². The highest BCUT2D eigenvalue weighted by Gasteiger charge is 2.16. The Balaban J connectivity index is 1.46. The Morgan fingerprint density at radius 2 is 2.00 bits per heavy atom. The molecule has 34 heavy (non-hydrogen) atoms. The van der Waals surface area contributed by atoms with Crippen molar-refractivity contribution in [2.45, 2.75) is 38.0 Å². The Kier molecular flexibility index (Phi) is 7.76. The molecular weight excluding hydrogens is 472 g/mol. The molecule has 0 saturated carbocycles. The van der Waals surface area contributed by atoms with E-state index in [4.69, 9.17) is 10.2 Å². The molecule has 1 aromatic carbocycles. The zero-order chi connectivity index (χ0) is 23.9. The highest BCUT2D eigenvalue weighted by atomic mass is 32.2. The molecule has 0 aliphatic rings. The number of furan rings is 1. The van der Waals surface area contributed by atoms with Crippen LogP contribution in [0.3, 0.4) is 0 Å². The summed E-state index contributed by atoms with van der Waals surface area (Å²) in [5.74, 6) is 0.751. The minimum absolute atomic E-state index is 0.106. The number of carbonyl (C=O) groups is 2. The number of amides is 2. The van der Waals surface area contributed by atoms with Crippen molar-refractivity contribution < 1.29 is 14.0 Å². The second kappa shape index (κ2) is 11.1. The predicted molar refractivity (Wildman–Crippen MR) is 129 cm³/mol. The summed E-state index contributed by atoms with van der Waals surface area (Å²) in [6, 6.07) is 11.9. The van der Waals surface area contributed by atoms with Gasteiger partial charge in [0, 0.05) is 31.0 Å². The van der Waals surface area contributed by atoms with Crippen LogP contribution in [-0.2, 0) is 29.1 Å². The first-order valence-corrected chi connectivity index (χ1v) is 12.5. The summed E-state index contributed by atoms with van der Waals surface area (Å²) < 4.78 is 9.24. The molecule has 0 saturated heterocycles. The van der Waals surface area contributed by atoms with Gasteiger partial charge in [-0.1, -0.05) is 41.6 Å². The van der Waals surface area contributed by atoms with Crippen molar-refractivity contribution in [3.05, 3.63) is 81.8 Å². The molecule has 0 aliphatic carbocycles. The van der Waals surface area contributed by atoms with Gasteiger partial charge in [0.2, 0.25) is 5.91 Å². The second-order valence-electron chi connectivity index (χ2n) is 7.62. The summed E-state index contributed by atoms with van der Waals surface area (Å²) >= 11 is 2.67. The average molecular weight is 497 g/mol. The highest BCUT2D eigenvalue weighted by Crippen LogP contribution is 2.20. The first kappa shape index (κ1) is 23.7. The lowest BCUT2D eigenvalue weighted by atomic mass is 10.1. The third-order valence-electron chi connectivity index (χ3n) is 4.96. The number of aryl methyl sites for hydroxylation is 2. The number of thiazole rings is 1. The molecular formula is C23H24N6O3S2. The lowest BCUT2D eigenvalue weighted by Crippen LogP contribution is -2.17. The van der Waals surface area contributed by atoms with Gasteiger partial charge in [0.15, 0.2) is 9.96 Å². The van der Waals surface area contributed by atoms with Crippen LogP contribution in [0.2, 0.25) is 0 Å². The van der Waals surface area contributed by atoms with E-state index in [9.17, 15) is 9.59 Å². The number of hydrogen-bond acceptors (Lipinski definition) is 7. The lowest BCUT2D eigenvalue weighted by molar-refractivity contribution is -0.118. The van der Waals surface area contributed by atoms with Gasteiger partial charge in [0.1, 0.15) is 11.6 Å². The third kappa shape index (κ3) is 6.33. The van der Waals surface area contributed by atoms with E-state index in [-0.39, 0.29) is 18.1 Å². The number of benzene rings is 1. The molecule has 3 aromatic heterocycles. The van der Waals surface area contributed by atoms with Gasteiger partial charge in [-0.25, -0.2) is 0 Å². The second-order valence-corrected chi connectivity index (χ2v) is 9.44. The van der Waals surface area contributed by atoms with Crippen LogP contribution in [0.4, 0.5) is 0 Å². The maximum absolute atomic E-state index is 12.7. The van der Waals surface area contributed by atoms with Gasteiger partial charge in [-0.05, 0) is 24.6 Å². The highest BCUT2D eigenvalue weighted by molar-refractivity contribution is 7.99. The van der Waals surface area contributed by atoms with Crippen LogP contribution in [0.1, 0.15) is 29.1 Å². The zero-order valence-electron chi connectivity index (χ0n) is 18.6. The summed E-state index contributed by atoms with van der Waals surface area (Å²) in [4.78, 5) is 28.8. The Labute approximate surface area is 204 Å². The normalized spacial score (nSPS) is 11.7. The maximum Gasteiger partial charge on any atom is 0.258 e. The molecule has 0 aliphatic heterocycles. The molecule has 176 valence electrons. The van der Waals surface area contributed by atoms with Gasteiger partial charge < -0.3 is 14.7 Å². The number of carbonyl (C=O) groups excluding carboxylic acids is 2. The van der Waals surface area contributed by atoms with E-state index in [1.165, 1.54) is 28.7 Å². The molecule has 0 spiro atoms. The van der Waals surface area contributed by atoms with Crippen molar-refractivity contribution in [2.75, 3.05) is 5.75 Å². The predicted octanol–water partition coefficient (Wildman–Crippen LogP) is 2.78. The van der Waals surface area contributed by atoms with E-state index in [0.29, 0.717) is 41.1 Å². The average Bonchev–Trinajstić information content (AvgIpc) is 3.56. The van der Waals surface area contributed by atoms with Crippen LogP contribution < -0.4 is 10.5 Å². The fraction of sp³-hybridized carbons (Fsp3) is 0.261. The van der Waals surface area contributed by atoms with Gasteiger partial charge in [0.05, 0.1) is 18.6 Å². The summed E-state index contributed by atoms with van der Waals surface area (Å²) in [7, 11) is 0. The van der Waals surface area contributed by atoms with E-state index in [1.54, 1.807) is 12.3 Å². The van der Waals surface area contributed by atoms with Gasteiger partial charge in [-0.3, -0.25) is 14.2 Å². The first-order valence-electron chi connectivity index (χ1n) is 10.6. The monoisotopic (exact) mass is 496 g/mol. The molecule has 3 heterocycles. The van der Waals surface area contributed by atoms with Crippen LogP contribution in [-0.4, -0.2) is 36.9 Å². The number of thioether (sulfide) groups is 1. The first-order chi connectivity index (χ1) is 16.5. The Morgan fingerprint density at radius 3 is 2.74 bits per heavy atom. The summed E-state index contributed by atoms with van der Waals surface area (Å²) in [6.45, 7) is 3.09. The van der Waals surface area contributed by atoms with Crippen LogP contribution in [0.25, 0.3) is 0 Å². The van der Waals surface area contributed by atoms with Crippen LogP contribution in [0, 0.1) is 6.92 Å². The molecule has 0 unspecified atom stereocenters. The number of rotatable bonds is 10. The Morgan fingerprint density at radius 1 is 1.18 bits per heavy atom. The number of nitrogens with two attached hydrogens (primary N) is 1. The van der Waals surface area contributed by atoms with Gasteiger partial charge >= 0.3 is 0 Å². The molecule has 0 fully saturated rings. The Bertz CT molecular complexity index is 1320. The van der Waals surface area contributed by atoms with Crippen molar-refractivity contribution in [2.24, 2.45) is 10.7 Å². The fourth-order valence-corrected chi connectivity index (χ4v) is 4.71. The van der Waals surface area contributed by atoms with Gasteiger partial charge in [-0.15, -0.1) is 21.5 Å². The molecule has 2 N–H and O–H groups in total. The lowest BCUT2D eigenvalue weighted by Gasteiger charge is -2.07. The quantitative estimate of drug-likeness (QED) is 0.337. The van der Waals surface area contributed by atoms with Crippen molar-refractivity contribution in [3.63, 3.8) is 0 Å². The summed E-state index contributed by atoms with van der Waals surface area (Å²) in [5.41, 5.74) is 7.63. The molecule has 11 heteroatoms. The summed E-state index contributed by atoms with van der Waals surface area (Å²) in [6.07, 6.45) is 4.03. The van der Waals surface area contributed by atoms with Crippen molar-refractivity contribution in [1.82, 2.24) is 19.3 Å². The van der Waals surface area contributed by atoms with E-state index >= 15 is 0 Å². The maximum atomic E-state index is 12.7. The topological polar surface area (TPSA) is 121 Å². The molecule has 2 amide bonds. The molecule has 0 atom stereocenters.